The Labute approximate surface area is 153 Å². The van der Waals surface area contributed by atoms with Gasteiger partial charge in [-0.2, -0.15) is 14.7 Å². The summed E-state index contributed by atoms with van der Waals surface area (Å²) in [6, 6.07) is 20.2. The minimum absolute atomic E-state index is 0.658. The second-order valence-electron chi connectivity index (χ2n) is 5.97. The number of nitrogens with zero attached hydrogens (tertiary/aromatic N) is 5. The third kappa shape index (κ3) is 2.41. The average molecular weight is 358 g/mol. The van der Waals surface area contributed by atoms with Gasteiger partial charge in [-0.1, -0.05) is 65.9 Å². The molecule has 26 heavy (non-hydrogen) atoms. The Morgan fingerprint density at radius 2 is 1.77 bits per heavy atom. The van der Waals surface area contributed by atoms with E-state index in [1.165, 1.54) is 16.9 Å². The minimum atomic E-state index is 0.658. The Bertz CT molecular complexity index is 1200. The van der Waals surface area contributed by atoms with Gasteiger partial charge in [-0.15, -0.1) is 10.2 Å². The molecule has 7 heteroatoms. The summed E-state index contributed by atoms with van der Waals surface area (Å²) >= 11 is 1.53. The molecule has 2 aromatic carbocycles. The van der Waals surface area contributed by atoms with Gasteiger partial charge >= 0.3 is 0 Å². The topological polar surface area (TPSA) is 71.8 Å². The Balaban J connectivity index is 1.58. The first kappa shape index (κ1) is 15.0. The van der Waals surface area contributed by atoms with Crippen LogP contribution in [-0.4, -0.2) is 30.0 Å². The van der Waals surface area contributed by atoms with Gasteiger partial charge in [-0.25, -0.2) is 0 Å². The maximum Gasteiger partial charge on any atom is 0.235 e. The molecule has 0 aliphatic rings. The van der Waals surface area contributed by atoms with E-state index < -0.39 is 0 Å². The molecule has 3 aromatic heterocycles. The number of aromatic amines is 1. The fourth-order valence-electron chi connectivity index (χ4n) is 2.90. The minimum Gasteiger partial charge on any atom is -0.274 e. The molecular weight excluding hydrogens is 344 g/mol. The maximum absolute atomic E-state index is 4.72. The van der Waals surface area contributed by atoms with Crippen LogP contribution >= 0.6 is 11.3 Å². The van der Waals surface area contributed by atoms with Crippen molar-refractivity contribution in [2.45, 2.75) is 6.92 Å². The van der Waals surface area contributed by atoms with Gasteiger partial charge in [0, 0.05) is 11.1 Å². The molecule has 0 saturated carbocycles. The summed E-state index contributed by atoms with van der Waals surface area (Å²) in [5, 5.41) is 21.7. The molecule has 0 radical (unpaired) electrons. The molecule has 0 saturated heterocycles. The van der Waals surface area contributed by atoms with E-state index in [0.29, 0.717) is 5.82 Å². The van der Waals surface area contributed by atoms with E-state index in [2.05, 4.69) is 39.5 Å². The van der Waals surface area contributed by atoms with E-state index in [4.69, 9.17) is 5.10 Å². The van der Waals surface area contributed by atoms with Crippen LogP contribution in [0.2, 0.25) is 0 Å². The lowest BCUT2D eigenvalue weighted by atomic mass is 10.1. The first-order valence-corrected chi connectivity index (χ1v) is 9.01. The second-order valence-corrected chi connectivity index (χ2v) is 6.93. The molecule has 126 valence electrons. The lowest BCUT2D eigenvalue weighted by molar-refractivity contribution is 0.954. The van der Waals surface area contributed by atoms with Gasteiger partial charge in [0.25, 0.3) is 0 Å². The normalized spacial score (nSPS) is 11.3. The first-order valence-electron chi connectivity index (χ1n) is 8.19. The molecule has 3 heterocycles. The standard InChI is InChI=1S/C19H14N6S/c1-12-7-5-6-10-14(12)18-24-25-17(22-23-19(25)26-18)16-11-15(20-21-16)13-8-3-2-4-9-13/h2-11H,1H3,(H,20,21). The molecule has 0 amide bonds. The monoisotopic (exact) mass is 358 g/mol. The number of H-pyrrole nitrogens is 1. The summed E-state index contributed by atoms with van der Waals surface area (Å²) in [7, 11) is 0. The molecule has 0 bridgehead atoms. The number of fused-ring (bicyclic) bond motifs is 1. The third-order valence-electron chi connectivity index (χ3n) is 4.25. The summed E-state index contributed by atoms with van der Waals surface area (Å²) in [4.78, 5) is 0.758. The first-order chi connectivity index (χ1) is 12.8. The van der Waals surface area contributed by atoms with Crippen LogP contribution in [0.1, 0.15) is 5.56 Å². The highest BCUT2D eigenvalue weighted by atomic mass is 32.1. The average Bonchev–Trinajstić information content (AvgIpc) is 3.38. The van der Waals surface area contributed by atoms with E-state index in [9.17, 15) is 0 Å². The predicted octanol–water partition coefficient (Wildman–Crippen LogP) is 4.22. The fourth-order valence-corrected chi connectivity index (χ4v) is 3.83. The van der Waals surface area contributed by atoms with Crippen molar-refractivity contribution < 1.29 is 0 Å². The highest BCUT2D eigenvalue weighted by Crippen LogP contribution is 2.30. The van der Waals surface area contributed by atoms with Crippen LogP contribution in [0, 0.1) is 6.92 Å². The summed E-state index contributed by atoms with van der Waals surface area (Å²) in [6.45, 7) is 2.08. The maximum atomic E-state index is 4.72. The van der Waals surface area contributed by atoms with Gasteiger partial charge < -0.3 is 0 Å². The smallest absolute Gasteiger partial charge is 0.235 e. The largest absolute Gasteiger partial charge is 0.274 e. The van der Waals surface area contributed by atoms with Crippen molar-refractivity contribution in [3.05, 3.63) is 66.2 Å². The van der Waals surface area contributed by atoms with Crippen LogP contribution in [0.25, 0.3) is 38.3 Å². The van der Waals surface area contributed by atoms with E-state index in [-0.39, 0.29) is 0 Å². The van der Waals surface area contributed by atoms with Gasteiger partial charge in [0.1, 0.15) is 10.7 Å². The summed E-state index contributed by atoms with van der Waals surface area (Å²) < 4.78 is 1.77. The fraction of sp³-hybridized carbons (Fsp3) is 0.0526. The van der Waals surface area contributed by atoms with Crippen LogP contribution < -0.4 is 0 Å². The van der Waals surface area contributed by atoms with Crippen molar-refractivity contribution in [1.82, 2.24) is 30.0 Å². The Morgan fingerprint density at radius 1 is 0.962 bits per heavy atom. The number of nitrogens with one attached hydrogen (secondary N) is 1. The zero-order valence-electron chi connectivity index (χ0n) is 13.9. The number of benzene rings is 2. The van der Waals surface area contributed by atoms with Crippen molar-refractivity contribution in [2.24, 2.45) is 0 Å². The van der Waals surface area contributed by atoms with Crippen molar-refractivity contribution in [3.63, 3.8) is 0 Å². The SMILES string of the molecule is Cc1ccccc1-c1nn2c(-c3cc(-c4ccccc4)n[nH]3)nnc2s1. The molecule has 0 aliphatic heterocycles. The van der Waals surface area contributed by atoms with E-state index in [1.54, 1.807) is 4.52 Å². The number of rotatable bonds is 3. The molecule has 0 atom stereocenters. The summed E-state index contributed by atoms with van der Waals surface area (Å²) in [5.41, 5.74) is 5.01. The van der Waals surface area contributed by atoms with Crippen LogP contribution in [0.4, 0.5) is 0 Å². The van der Waals surface area contributed by atoms with Crippen molar-refractivity contribution >= 4 is 16.3 Å². The molecule has 0 spiro atoms. The molecule has 6 nitrogen and oxygen atoms in total. The van der Waals surface area contributed by atoms with Crippen molar-refractivity contribution in [3.8, 4) is 33.3 Å². The zero-order chi connectivity index (χ0) is 17.5. The summed E-state index contributed by atoms with van der Waals surface area (Å²) in [5.74, 6) is 0.658. The number of hydrogen-bond donors (Lipinski definition) is 1. The van der Waals surface area contributed by atoms with Crippen LogP contribution in [0.3, 0.4) is 0 Å². The van der Waals surface area contributed by atoms with Crippen LogP contribution in [0.15, 0.2) is 60.7 Å². The zero-order valence-corrected chi connectivity index (χ0v) is 14.7. The van der Waals surface area contributed by atoms with Crippen molar-refractivity contribution in [2.75, 3.05) is 0 Å². The number of aromatic nitrogens is 6. The highest BCUT2D eigenvalue weighted by Gasteiger charge is 2.17. The second kappa shape index (κ2) is 5.89. The van der Waals surface area contributed by atoms with E-state index in [0.717, 1.165) is 32.5 Å². The number of hydrogen-bond acceptors (Lipinski definition) is 5. The number of aryl methyl sites for hydroxylation is 1. The lowest BCUT2D eigenvalue weighted by Gasteiger charge is -1.99. The third-order valence-corrected chi connectivity index (χ3v) is 5.19. The van der Waals surface area contributed by atoms with E-state index in [1.807, 2.05) is 48.5 Å². The van der Waals surface area contributed by atoms with Gasteiger partial charge in [0.15, 0.2) is 0 Å². The van der Waals surface area contributed by atoms with Gasteiger partial charge in [-0.05, 0) is 18.6 Å². The lowest BCUT2D eigenvalue weighted by Crippen LogP contribution is -1.91. The summed E-state index contributed by atoms with van der Waals surface area (Å²) in [6.07, 6.45) is 0. The van der Waals surface area contributed by atoms with Gasteiger partial charge in [-0.3, -0.25) is 5.10 Å². The van der Waals surface area contributed by atoms with E-state index >= 15 is 0 Å². The molecular formula is C19H14N6S. The molecule has 0 aliphatic carbocycles. The molecule has 5 rings (SSSR count). The molecule has 5 aromatic rings. The molecule has 1 N–H and O–H groups in total. The van der Waals surface area contributed by atoms with Crippen molar-refractivity contribution in [1.29, 1.82) is 0 Å². The van der Waals surface area contributed by atoms with Crippen LogP contribution in [0.5, 0.6) is 0 Å². The Hall–Kier alpha value is -3.32. The van der Waals surface area contributed by atoms with Gasteiger partial charge in [0.2, 0.25) is 10.8 Å². The Kier molecular flexibility index (Phi) is 3.39. The molecule has 0 unspecified atom stereocenters. The quantitative estimate of drug-likeness (QED) is 0.524. The molecule has 0 fully saturated rings. The predicted molar refractivity (Wildman–Crippen MR) is 102 cm³/mol. The van der Waals surface area contributed by atoms with Gasteiger partial charge in [0.05, 0.1) is 5.69 Å². The highest BCUT2D eigenvalue weighted by molar-refractivity contribution is 7.19. The Morgan fingerprint density at radius 3 is 2.62 bits per heavy atom. The van der Waals surface area contributed by atoms with Crippen LogP contribution in [-0.2, 0) is 0 Å².